The van der Waals surface area contributed by atoms with Crippen LogP contribution in [0.3, 0.4) is 0 Å². The normalized spacial score (nSPS) is 26.1. The number of fused-ring (bicyclic) bond motifs is 7. The Morgan fingerprint density at radius 2 is 2.03 bits per heavy atom. The third kappa shape index (κ3) is 3.93. The summed E-state index contributed by atoms with van der Waals surface area (Å²) in [5.74, 6) is 3.14. The quantitative estimate of drug-likeness (QED) is 0.456. The maximum Gasteiger partial charge on any atom is 0.272 e. The van der Waals surface area contributed by atoms with Gasteiger partial charge in [-0.3, -0.25) is 9.89 Å². The van der Waals surface area contributed by atoms with Crippen LogP contribution in [0, 0.1) is 17.8 Å². The minimum atomic E-state index is -0.0305. The number of amides is 1. The van der Waals surface area contributed by atoms with Crippen molar-refractivity contribution in [1.82, 2.24) is 15.5 Å². The maximum absolute atomic E-state index is 12.9. The lowest BCUT2D eigenvalue weighted by Gasteiger charge is -2.49. The van der Waals surface area contributed by atoms with Gasteiger partial charge in [-0.15, -0.1) is 0 Å². The maximum atomic E-state index is 12.9. The average Bonchev–Trinajstić information content (AvgIpc) is 3.44. The van der Waals surface area contributed by atoms with E-state index in [-0.39, 0.29) is 11.3 Å². The molecule has 5 heteroatoms. The molecule has 1 aromatic heterocycles. The van der Waals surface area contributed by atoms with Crippen molar-refractivity contribution >= 4 is 5.91 Å². The Bertz CT molecular complexity index is 1260. The van der Waals surface area contributed by atoms with Crippen molar-refractivity contribution in [2.45, 2.75) is 70.8 Å². The minimum absolute atomic E-state index is 0.0305. The topological polar surface area (TPSA) is 67.0 Å². The van der Waals surface area contributed by atoms with E-state index >= 15 is 0 Å². The molecule has 0 radical (unpaired) electrons. The summed E-state index contributed by atoms with van der Waals surface area (Å²) in [5, 5.41) is 10.9. The minimum Gasteiger partial charge on any atom is -0.489 e. The van der Waals surface area contributed by atoms with E-state index in [1.165, 1.54) is 40.8 Å². The Morgan fingerprint density at radius 3 is 2.83 bits per heavy atom. The zero-order valence-electron chi connectivity index (χ0n) is 21.6. The molecule has 1 heterocycles. The Labute approximate surface area is 214 Å². The van der Waals surface area contributed by atoms with Gasteiger partial charge in [-0.25, -0.2) is 0 Å². The largest absolute Gasteiger partial charge is 0.489 e. The van der Waals surface area contributed by atoms with Crippen LogP contribution >= 0.6 is 0 Å². The van der Waals surface area contributed by atoms with E-state index in [0.29, 0.717) is 42.5 Å². The van der Waals surface area contributed by atoms with Crippen molar-refractivity contribution in [3.63, 3.8) is 0 Å². The van der Waals surface area contributed by atoms with Crippen LogP contribution in [-0.2, 0) is 24.9 Å². The van der Waals surface area contributed by atoms with Crippen LogP contribution in [0.4, 0.5) is 0 Å². The van der Waals surface area contributed by atoms with Crippen LogP contribution in [0.25, 0.3) is 0 Å². The summed E-state index contributed by atoms with van der Waals surface area (Å²) < 4.78 is 6.13. The summed E-state index contributed by atoms with van der Waals surface area (Å²) >= 11 is 0. The molecule has 36 heavy (non-hydrogen) atoms. The van der Waals surface area contributed by atoms with Crippen LogP contribution in [0.1, 0.15) is 84.4 Å². The summed E-state index contributed by atoms with van der Waals surface area (Å²) in [6.07, 6.45) is 5.57. The second kappa shape index (κ2) is 9.10. The third-order valence-electron chi connectivity index (χ3n) is 9.08. The van der Waals surface area contributed by atoms with E-state index in [9.17, 15) is 4.79 Å². The highest BCUT2D eigenvalue weighted by Crippen LogP contribution is 2.60. The van der Waals surface area contributed by atoms with E-state index in [2.05, 4.69) is 78.7 Å². The number of nitrogens with one attached hydrogen (secondary N) is 2. The number of aromatic amines is 1. The van der Waals surface area contributed by atoms with Gasteiger partial charge in [-0.2, -0.15) is 5.10 Å². The number of carbonyl (C=O) groups is 1. The zero-order valence-corrected chi connectivity index (χ0v) is 21.6. The molecular formula is C31H37N3O2. The SMILES string of the molecule is CC(C)CNC(=O)c1n[nH]c2c1CC1C3CCc4cc(OCc5ccccc5)ccc4C3CC[C@]21C. The van der Waals surface area contributed by atoms with Gasteiger partial charge in [0.05, 0.1) is 0 Å². The Hall–Kier alpha value is -3.08. The molecule has 0 aliphatic heterocycles. The molecule has 3 aliphatic rings. The van der Waals surface area contributed by atoms with Gasteiger partial charge in [0.2, 0.25) is 0 Å². The molecule has 1 saturated carbocycles. The van der Waals surface area contributed by atoms with Crippen LogP contribution in [0.15, 0.2) is 48.5 Å². The fraction of sp³-hybridized carbons (Fsp3) is 0.484. The number of benzene rings is 2. The molecule has 0 saturated heterocycles. The first-order valence-electron chi connectivity index (χ1n) is 13.6. The van der Waals surface area contributed by atoms with Crippen molar-refractivity contribution in [2.75, 3.05) is 6.54 Å². The molecule has 2 N–H and O–H groups in total. The molecule has 4 atom stereocenters. The van der Waals surface area contributed by atoms with Crippen molar-refractivity contribution in [1.29, 1.82) is 0 Å². The van der Waals surface area contributed by atoms with Gasteiger partial charge >= 0.3 is 0 Å². The number of aryl methyl sites for hydroxylation is 1. The molecule has 6 rings (SSSR count). The lowest BCUT2D eigenvalue weighted by molar-refractivity contribution is 0.0935. The lowest BCUT2D eigenvalue weighted by atomic mass is 9.55. The van der Waals surface area contributed by atoms with Gasteiger partial charge in [0, 0.05) is 23.2 Å². The van der Waals surface area contributed by atoms with Crippen molar-refractivity contribution in [2.24, 2.45) is 17.8 Å². The predicted molar refractivity (Wildman–Crippen MR) is 141 cm³/mol. The Balaban J connectivity index is 1.20. The van der Waals surface area contributed by atoms with E-state index in [1.807, 2.05) is 6.07 Å². The lowest BCUT2D eigenvalue weighted by Crippen LogP contribution is -2.43. The monoisotopic (exact) mass is 483 g/mol. The Kier molecular flexibility index (Phi) is 5.89. The molecule has 0 bridgehead atoms. The molecule has 0 spiro atoms. The van der Waals surface area contributed by atoms with Crippen LogP contribution in [-0.4, -0.2) is 22.6 Å². The van der Waals surface area contributed by atoms with Crippen molar-refractivity contribution < 1.29 is 9.53 Å². The summed E-state index contributed by atoms with van der Waals surface area (Å²) in [6.45, 7) is 7.92. The number of carbonyl (C=O) groups excluding carboxylic acids is 1. The fourth-order valence-corrected chi connectivity index (χ4v) is 7.22. The van der Waals surface area contributed by atoms with Crippen molar-refractivity contribution in [3.8, 4) is 5.75 Å². The first kappa shape index (κ1) is 23.3. The van der Waals surface area contributed by atoms with Gasteiger partial charge in [0.15, 0.2) is 5.69 Å². The van der Waals surface area contributed by atoms with Gasteiger partial charge < -0.3 is 10.1 Å². The van der Waals surface area contributed by atoms with E-state index in [1.54, 1.807) is 0 Å². The molecule has 3 aliphatic carbocycles. The van der Waals surface area contributed by atoms with E-state index in [4.69, 9.17) is 4.74 Å². The smallest absolute Gasteiger partial charge is 0.272 e. The molecular weight excluding hydrogens is 446 g/mol. The first-order valence-corrected chi connectivity index (χ1v) is 13.6. The number of H-pyrrole nitrogens is 1. The molecule has 5 nitrogen and oxygen atoms in total. The highest BCUT2D eigenvalue weighted by atomic mass is 16.5. The third-order valence-corrected chi connectivity index (χ3v) is 9.08. The predicted octanol–water partition coefficient (Wildman–Crippen LogP) is 5.94. The van der Waals surface area contributed by atoms with Gasteiger partial charge in [-0.05, 0) is 84.6 Å². The molecule has 2 aromatic carbocycles. The second-order valence-electron chi connectivity index (χ2n) is 11.7. The highest BCUT2D eigenvalue weighted by molar-refractivity contribution is 5.94. The van der Waals surface area contributed by atoms with E-state index < -0.39 is 0 Å². The number of aromatic nitrogens is 2. The first-order chi connectivity index (χ1) is 17.4. The standard InChI is InChI=1S/C31H37N3O2/c1-19(2)17-32-30(35)28-26-16-27-25-11-9-21-15-22(36-18-20-7-5-4-6-8-20)10-12-23(21)24(25)13-14-31(27,3)29(26)34-33-28/h4-8,10,12,15,19,24-25,27H,9,11,13-14,16-18H2,1-3H3,(H,32,35)(H,33,34)/t24?,25?,27?,31-/m0/s1. The Morgan fingerprint density at radius 1 is 1.19 bits per heavy atom. The summed E-state index contributed by atoms with van der Waals surface area (Å²) in [4.78, 5) is 12.9. The summed E-state index contributed by atoms with van der Waals surface area (Å²) in [6, 6.07) is 17.1. The fourth-order valence-electron chi connectivity index (χ4n) is 7.22. The number of rotatable bonds is 6. The summed E-state index contributed by atoms with van der Waals surface area (Å²) in [5.41, 5.74) is 7.25. The van der Waals surface area contributed by atoms with Crippen LogP contribution < -0.4 is 10.1 Å². The van der Waals surface area contributed by atoms with Crippen molar-refractivity contribution in [3.05, 3.63) is 82.2 Å². The molecule has 188 valence electrons. The number of hydrogen-bond acceptors (Lipinski definition) is 3. The van der Waals surface area contributed by atoms with Gasteiger partial charge in [0.25, 0.3) is 5.91 Å². The average molecular weight is 484 g/mol. The van der Waals surface area contributed by atoms with Crippen LogP contribution in [0.2, 0.25) is 0 Å². The molecule has 3 unspecified atom stereocenters. The molecule has 3 aromatic rings. The molecule has 1 fully saturated rings. The second-order valence-corrected chi connectivity index (χ2v) is 11.7. The molecule has 1 amide bonds. The highest BCUT2D eigenvalue weighted by Gasteiger charge is 2.54. The van der Waals surface area contributed by atoms with Gasteiger partial charge in [-0.1, -0.05) is 57.2 Å². The number of ether oxygens (including phenoxy) is 1. The van der Waals surface area contributed by atoms with E-state index in [0.717, 1.165) is 25.0 Å². The number of hydrogen-bond donors (Lipinski definition) is 2. The number of nitrogens with zero attached hydrogens (tertiary/aromatic N) is 1. The summed E-state index contributed by atoms with van der Waals surface area (Å²) in [7, 11) is 0. The van der Waals surface area contributed by atoms with Crippen LogP contribution in [0.5, 0.6) is 5.75 Å². The van der Waals surface area contributed by atoms with Gasteiger partial charge in [0.1, 0.15) is 12.4 Å². The zero-order chi connectivity index (χ0) is 24.9.